The van der Waals surface area contributed by atoms with Crippen molar-refractivity contribution < 1.29 is 14.0 Å². The summed E-state index contributed by atoms with van der Waals surface area (Å²) in [4.78, 5) is 30.0. The highest BCUT2D eigenvalue weighted by atomic mass is 19.1. The zero-order valence-electron chi connectivity index (χ0n) is 15.1. The molecular formula is C22H18FN3O2. The van der Waals surface area contributed by atoms with Gasteiger partial charge in [-0.2, -0.15) is 0 Å². The summed E-state index contributed by atoms with van der Waals surface area (Å²) in [5.41, 5.74) is 2.20. The van der Waals surface area contributed by atoms with Crippen molar-refractivity contribution in [3.05, 3.63) is 84.2 Å². The molecule has 0 aliphatic carbocycles. The van der Waals surface area contributed by atoms with Crippen molar-refractivity contribution >= 4 is 23.5 Å². The SMILES string of the molecule is O=C(C=Cc1ccc(-n2ccnc2)c(F)c1)c1cccc(N2CCCC2=O)c1. The van der Waals surface area contributed by atoms with Crippen LogP contribution in [0.2, 0.25) is 0 Å². The monoisotopic (exact) mass is 375 g/mol. The lowest BCUT2D eigenvalue weighted by Crippen LogP contribution is -2.23. The molecule has 140 valence electrons. The van der Waals surface area contributed by atoms with Gasteiger partial charge in [0.15, 0.2) is 5.78 Å². The van der Waals surface area contributed by atoms with E-state index in [9.17, 15) is 14.0 Å². The third kappa shape index (κ3) is 3.62. The Morgan fingerprint density at radius 1 is 1.18 bits per heavy atom. The van der Waals surface area contributed by atoms with Gasteiger partial charge in [-0.25, -0.2) is 9.37 Å². The number of hydrogen-bond acceptors (Lipinski definition) is 3. The molecule has 0 N–H and O–H groups in total. The summed E-state index contributed by atoms with van der Waals surface area (Å²) in [6.07, 6.45) is 9.13. The van der Waals surface area contributed by atoms with Crippen molar-refractivity contribution in [1.29, 1.82) is 0 Å². The van der Waals surface area contributed by atoms with E-state index in [-0.39, 0.29) is 11.7 Å². The normalized spacial score (nSPS) is 14.2. The fourth-order valence-corrected chi connectivity index (χ4v) is 3.25. The van der Waals surface area contributed by atoms with Crippen LogP contribution in [0.5, 0.6) is 0 Å². The lowest BCUT2D eigenvalue weighted by Gasteiger charge is -2.16. The molecule has 1 fully saturated rings. The topological polar surface area (TPSA) is 55.2 Å². The summed E-state index contributed by atoms with van der Waals surface area (Å²) in [6, 6.07) is 11.8. The Balaban J connectivity index is 1.51. The number of anilines is 1. The molecule has 6 heteroatoms. The van der Waals surface area contributed by atoms with Crippen molar-refractivity contribution in [3.63, 3.8) is 0 Å². The quantitative estimate of drug-likeness (QED) is 0.500. The molecule has 1 amide bonds. The van der Waals surface area contributed by atoms with Gasteiger partial charge < -0.3 is 9.47 Å². The maximum absolute atomic E-state index is 14.3. The summed E-state index contributed by atoms with van der Waals surface area (Å²) < 4.78 is 15.9. The average molecular weight is 375 g/mol. The van der Waals surface area contributed by atoms with Gasteiger partial charge >= 0.3 is 0 Å². The Morgan fingerprint density at radius 2 is 2.07 bits per heavy atom. The first-order valence-electron chi connectivity index (χ1n) is 9.02. The number of benzene rings is 2. The third-order valence-corrected chi connectivity index (χ3v) is 4.70. The number of halogens is 1. The number of allylic oxidation sites excluding steroid dienone is 1. The Kier molecular flexibility index (Phi) is 4.85. The fraction of sp³-hybridized carbons (Fsp3) is 0.136. The number of amides is 1. The maximum atomic E-state index is 14.3. The summed E-state index contributed by atoms with van der Waals surface area (Å²) in [5.74, 6) is -0.525. The standard InChI is InChI=1S/C22H18FN3O2/c23-19-13-16(6-8-20(19)25-12-10-24-15-25)7-9-21(27)17-3-1-4-18(14-17)26-11-2-5-22(26)28/h1,3-4,6-10,12-15H,2,5,11H2. The van der Waals surface area contributed by atoms with Crippen molar-refractivity contribution in [3.8, 4) is 5.69 Å². The molecule has 4 rings (SSSR count). The van der Waals surface area contributed by atoms with E-state index in [2.05, 4.69) is 4.98 Å². The van der Waals surface area contributed by atoms with Gasteiger partial charge in [-0.1, -0.05) is 24.3 Å². The number of nitrogens with zero attached hydrogens (tertiary/aromatic N) is 3. The summed E-state index contributed by atoms with van der Waals surface area (Å²) in [6.45, 7) is 0.675. The second-order valence-corrected chi connectivity index (χ2v) is 6.58. The van der Waals surface area contributed by atoms with Crippen LogP contribution in [0, 0.1) is 5.82 Å². The number of rotatable bonds is 5. The van der Waals surface area contributed by atoms with Crippen LogP contribution >= 0.6 is 0 Å². The average Bonchev–Trinajstić information content (AvgIpc) is 3.38. The minimum atomic E-state index is -0.401. The van der Waals surface area contributed by atoms with E-state index in [1.807, 2.05) is 6.07 Å². The van der Waals surface area contributed by atoms with E-state index in [0.29, 0.717) is 29.8 Å². The largest absolute Gasteiger partial charge is 0.312 e. The lowest BCUT2D eigenvalue weighted by atomic mass is 10.1. The number of carbonyl (C=O) groups excluding carboxylic acids is 2. The van der Waals surface area contributed by atoms with Crippen molar-refractivity contribution in [2.45, 2.75) is 12.8 Å². The van der Waals surface area contributed by atoms with Crippen LogP contribution in [-0.4, -0.2) is 27.8 Å². The van der Waals surface area contributed by atoms with Crippen molar-refractivity contribution in [2.75, 3.05) is 11.4 Å². The third-order valence-electron chi connectivity index (χ3n) is 4.70. The summed E-state index contributed by atoms with van der Waals surface area (Å²) >= 11 is 0. The molecule has 0 spiro atoms. The molecule has 1 aliphatic rings. The number of carbonyl (C=O) groups is 2. The van der Waals surface area contributed by atoms with Crippen LogP contribution in [0.3, 0.4) is 0 Å². The zero-order chi connectivity index (χ0) is 19.5. The van der Waals surface area contributed by atoms with Crippen LogP contribution in [0.1, 0.15) is 28.8 Å². The molecule has 0 bridgehead atoms. The Labute approximate surface area is 161 Å². The molecule has 28 heavy (non-hydrogen) atoms. The lowest BCUT2D eigenvalue weighted by molar-refractivity contribution is -0.117. The molecule has 0 unspecified atom stereocenters. The summed E-state index contributed by atoms with van der Waals surface area (Å²) in [5, 5.41) is 0. The van der Waals surface area contributed by atoms with E-state index < -0.39 is 5.82 Å². The van der Waals surface area contributed by atoms with Crippen molar-refractivity contribution in [1.82, 2.24) is 9.55 Å². The molecule has 3 aromatic rings. The molecule has 2 heterocycles. The Morgan fingerprint density at radius 3 is 2.79 bits per heavy atom. The molecule has 1 aromatic heterocycles. The molecule has 1 saturated heterocycles. The van der Waals surface area contributed by atoms with Gasteiger partial charge in [0.2, 0.25) is 5.91 Å². The number of imidazole rings is 1. The van der Waals surface area contributed by atoms with Gasteiger partial charge in [-0.15, -0.1) is 0 Å². The second kappa shape index (κ2) is 7.60. The van der Waals surface area contributed by atoms with Crippen LogP contribution < -0.4 is 4.90 Å². The first-order valence-corrected chi connectivity index (χ1v) is 9.02. The van der Waals surface area contributed by atoms with Crippen LogP contribution in [0.15, 0.2) is 67.3 Å². The smallest absolute Gasteiger partial charge is 0.227 e. The first-order chi connectivity index (χ1) is 13.6. The predicted octanol–water partition coefficient (Wildman–Crippen LogP) is 4.03. The van der Waals surface area contributed by atoms with Gasteiger partial charge in [0.1, 0.15) is 5.82 Å². The number of hydrogen-bond donors (Lipinski definition) is 0. The van der Waals surface area contributed by atoms with Gasteiger partial charge in [0, 0.05) is 36.6 Å². The van der Waals surface area contributed by atoms with E-state index in [0.717, 1.165) is 12.1 Å². The highest BCUT2D eigenvalue weighted by molar-refractivity contribution is 6.08. The summed E-state index contributed by atoms with van der Waals surface area (Å²) in [7, 11) is 0. The minimum absolute atomic E-state index is 0.0774. The Hall–Kier alpha value is -3.54. The van der Waals surface area contributed by atoms with Gasteiger partial charge in [-0.3, -0.25) is 9.59 Å². The number of aromatic nitrogens is 2. The molecule has 2 aromatic carbocycles. The molecule has 0 atom stereocenters. The highest BCUT2D eigenvalue weighted by Gasteiger charge is 2.22. The van der Waals surface area contributed by atoms with Gasteiger partial charge in [0.05, 0.1) is 12.0 Å². The molecule has 0 saturated carbocycles. The molecular weight excluding hydrogens is 357 g/mol. The highest BCUT2D eigenvalue weighted by Crippen LogP contribution is 2.23. The maximum Gasteiger partial charge on any atom is 0.227 e. The van der Waals surface area contributed by atoms with Crippen LogP contribution in [0.4, 0.5) is 10.1 Å². The fourth-order valence-electron chi connectivity index (χ4n) is 3.25. The van der Waals surface area contributed by atoms with Gasteiger partial charge in [-0.05, 0) is 42.3 Å². The van der Waals surface area contributed by atoms with Crippen LogP contribution in [-0.2, 0) is 4.79 Å². The Bertz CT molecular complexity index is 1060. The molecule has 1 aliphatic heterocycles. The van der Waals surface area contributed by atoms with E-state index >= 15 is 0 Å². The van der Waals surface area contributed by atoms with Crippen molar-refractivity contribution in [2.24, 2.45) is 0 Å². The minimum Gasteiger partial charge on any atom is -0.312 e. The predicted molar refractivity (Wildman–Crippen MR) is 105 cm³/mol. The van der Waals surface area contributed by atoms with Crippen LogP contribution in [0.25, 0.3) is 11.8 Å². The van der Waals surface area contributed by atoms with E-state index in [4.69, 9.17) is 0 Å². The van der Waals surface area contributed by atoms with E-state index in [1.165, 1.54) is 18.5 Å². The zero-order valence-corrected chi connectivity index (χ0v) is 15.1. The molecule has 5 nitrogen and oxygen atoms in total. The number of ketones is 1. The molecule has 0 radical (unpaired) electrons. The second-order valence-electron chi connectivity index (χ2n) is 6.58. The first kappa shape index (κ1) is 17.9. The van der Waals surface area contributed by atoms with E-state index in [1.54, 1.807) is 58.3 Å². The van der Waals surface area contributed by atoms with Gasteiger partial charge in [0.25, 0.3) is 0 Å².